The average Bonchev–Trinajstić information content (AvgIpc) is 2.59. The summed E-state index contributed by atoms with van der Waals surface area (Å²) < 4.78 is 16.2. The summed E-state index contributed by atoms with van der Waals surface area (Å²) in [7, 11) is 5.03. The van der Waals surface area contributed by atoms with E-state index in [-0.39, 0.29) is 6.04 Å². The highest BCUT2D eigenvalue weighted by Gasteiger charge is 2.24. The molecular weight excluding hydrogens is 278 g/mol. The summed E-state index contributed by atoms with van der Waals surface area (Å²) in [6.45, 7) is 0.935. The molecule has 0 saturated carbocycles. The largest absolute Gasteiger partial charge is 0.497 e. The van der Waals surface area contributed by atoms with E-state index in [2.05, 4.69) is 29.6 Å². The highest BCUT2D eigenvalue weighted by molar-refractivity contribution is 5.52. The first-order valence-electron chi connectivity index (χ1n) is 7.39. The van der Waals surface area contributed by atoms with E-state index in [4.69, 9.17) is 14.2 Å². The van der Waals surface area contributed by atoms with Gasteiger partial charge in [0.05, 0.1) is 27.4 Å². The van der Waals surface area contributed by atoms with Gasteiger partial charge in [-0.3, -0.25) is 0 Å². The fourth-order valence-corrected chi connectivity index (χ4v) is 3.00. The van der Waals surface area contributed by atoms with E-state index in [1.807, 2.05) is 12.1 Å². The van der Waals surface area contributed by atoms with Gasteiger partial charge in [-0.05, 0) is 47.4 Å². The second-order valence-electron chi connectivity index (χ2n) is 5.32. The van der Waals surface area contributed by atoms with Crippen molar-refractivity contribution in [1.82, 2.24) is 5.32 Å². The Balaban J connectivity index is 2.06. The van der Waals surface area contributed by atoms with Gasteiger partial charge in [-0.25, -0.2) is 0 Å². The molecule has 2 aromatic carbocycles. The van der Waals surface area contributed by atoms with Crippen LogP contribution in [0.25, 0.3) is 0 Å². The summed E-state index contributed by atoms with van der Waals surface area (Å²) in [5, 5.41) is 3.58. The summed E-state index contributed by atoms with van der Waals surface area (Å²) in [6.07, 6.45) is 0.982. The van der Waals surface area contributed by atoms with Crippen LogP contribution in [0.2, 0.25) is 0 Å². The fraction of sp³-hybridized carbons (Fsp3) is 0.333. The lowest BCUT2D eigenvalue weighted by Gasteiger charge is -2.28. The SMILES string of the molecule is COc1cccc(C2NCCc3cc(OC)c(OC)cc32)c1. The first-order valence-corrected chi connectivity index (χ1v) is 7.39. The van der Waals surface area contributed by atoms with Crippen molar-refractivity contribution in [2.45, 2.75) is 12.5 Å². The van der Waals surface area contributed by atoms with Gasteiger partial charge in [0.1, 0.15) is 5.75 Å². The molecule has 0 radical (unpaired) electrons. The van der Waals surface area contributed by atoms with Crippen LogP contribution in [0.4, 0.5) is 0 Å². The van der Waals surface area contributed by atoms with Gasteiger partial charge in [0.2, 0.25) is 0 Å². The molecule has 1 aliphatic rings. The Labute approximate surface area is 131 Å². The van der Waals surface area contributed by atoms with Crippen molar-refractivity contribution in [2.75, 3.05) is 27.9 Å². The van der Waals surface area contributed by atoms with Gasteiger partial charge < -0.3 is 19.5 Å². The van der Waals surface area contributed by atoms with Crippen molar-refractivity contribution >= 4 is 0 Å². The number of hydrogen-bond acceptors (Lipinski definition) is 4. The van der Waals surface area contributed by atoms with E-state index in [1.165, 1.54) is 16.7 Å². The lowest BCUT2D eigenvalue weighted by atomic mass is 9.89. The summed E-state index contributed by atoms with van der Waals surface area (Å²) in [6, 6.07) is 12.5. The average molecular weight is 299 g/mol. The van der Waals surface area contributed by atoms with Crippen LogP contribution < -0.4 is 19.5 Å². The second-order valence-corrected chi connectivity index (χ2v) is 5.32. The van der Waals surface area contributed by atoms with E-state index >= 15 is 0 Å². The minimum absolute atomic E-state index is 0.138. The Morgan fingerprint density at radius 1 is 0.955 bits per heavy atom. The van der Waals surface area contributed by atoms with E-state index in [9.17, 15) is 0 Å². The standard InChI is InChI=1S/C18H21NO3/c1-20-14-6-4-5-13(9-14)18-15-11-17(22-3)16(21-2)10-12(15)7-8-19-18/h4-6,9-11,18-19H,7-8H2,1-3H3. The van der Waals surface area contributed by atoms with Gasteiger partial charge >= 0.3 is 0 Å². The molecule has 0 fully saturated rings. The molecule has 0 saturated heterocycles. The monoisotopic (exact) mass is 299 g/mol. The maximum atomic E-state index is 5.45. The molecule has 0 bridgehead atoms. The number of methoxy groups -OCH3 is 3. The maximum Gasteiger partial charge on any atom is 0.161 e. The summed E-state index contributed by atoms with van der Waals surface area (Å²) in [4.78, 5) is 0. The molecule has 4 heteroatoms. The molecule has 0 aromatic heterocycles. The molecule has 3 rings (SSSR count). The summed E-state index contributed by atoms with van der Waals surface area (Å²) >= 11 is 0. The Kier molecular flexibility index (Phi) is 4.20. The van der Waals surface area contributed by atoms with Crippen LogP contribution in [-0.4, -0.2) is 27.9 Å². The third kappa shape index (κ3) is 2.62. The third-order valence-electron chi connectivity index (χ3n) is 4.13. The Bertz CT molecular complexity index is 669. The first-order chi connectivity index (χ1) is 10.8. The zero-order valence-electron chi connectivity index (χ0n) is 13.2. The summed E-state index contributed by atoms with van der Waals surface area (Å²) in [5.74, 6) is 2.41. The topological polar surface area (TPSA) is 39.7 Å². The minimum atomic E-state index is 0.138. The van der Waals surface area contributed by atoms with Gasteiger partial charge in [-0.1, -0.05) is 12.1 Å². The Morgan fingerprint density at radius 3 is 2.45 bits per heavy atom. The molecule has 2 aromatic rings. The number of fused-ring (bicyclic) bond motifs is 1. The second kappa shape index (κ2) is 6.28. The Morgan fingerprint density at radius 2 is 1.73 bits per heavy atom. The van der Waals surface area contributed by atoms with E-state index < -0.39 is 0 Å². The molecule has 1 aliphatic heterocycles. The molecule has 1 heterocycles. The quantitative estimate of drug-likeness (QED) is 0.942. The number of benzene rings is 2. The van der Waals surface area contributed by atoms with Crippen LogP contribution in [0, 0.1) is 0 Å². The Hall–Kier alpha value is -2.20. The zero-order valence-corrected chi connectivity index (χ0v) is 13.2. The number of hydrogen-bond donors (Lipinski definition) is 1. The molecule has 0 aliphatic carbocycles. The maximum absolute atomic E-state index is 5.45. The highest BCUT2D eigenvalue weighted by atomic mass is 16.5. The van der Waals surface area contributed by atoms with Gasteiger partial charge in [-0.15, -0.1) is 0 Å². The molecular formula is C18H21NO3. The van der Waals surface area contributed by atoms with Crippen molar-refractivity contribution in [3.8, 4) is 17.2 Å². The molecule has 1 atom stereocenters. The lowest BCUT2D eigenvalue weighted by Crippen LogP contribution is -2.30. The van der Waals surface area contributed by atoms with Crippen LogP contribution in [0.3, 0.4) is 0 Å². The molecule has 116 valence electrons. The third-order valence-corrected chi connectivity index (χ3v) is 4.13. The predicted molar refractivity (Wildman–Crippen MR) is 86.1 cm³/mol. The molecule has 1 N–H and O–H groups in total. The van der Waals surface area contributed by atoms with E-state index in [0.717, 1.165) is 30.2 Å². The smallest absolute Gasteiger partial charge is 0.161 e. The number of ether oxygens (including phenoxy) is 3. The number of nitrogens with one attached hydrogen (secondary N) is 1. The number of rotatable bonds is 4. The van der Waals surface area contributed by atoms with E-state index in [1.54, 1.807) is 21.3 Å². The van der Waals surface area contributed by atoms with Gasteiger partial charge in [-0.2, -0.15) is 0 Å². The minimum Gasteiger partial charge on any atom is -0.497 e. The van der Waals surface area contributed by atoms with Crippen LogP contribution in [0.5, 0.6) is 17.2 Å². The van der Waals surface area contributed by atoms with E-state index in [0.29, 0.717) is 0 Å². The molecule has 0 spiro atoms. The molecule has 4 nitrogen and oxygen atoms in total. The van der Waals surface area contributed by atoms with Crippen LogP contribution in [0.1, 0.15) is 22.7 Å². The van der Waals surface area contributed by atoms with Crippen LogP contribution in [-0.2, 0) is 6.42 Å². The zero-order chi connectivity index (χ0) is 15.5. The predicted octanol–water partition coefficient (Wildman–Crippen LogP) is 2.95. The fourth-order valence-electron chi connectivity index (χ4n) is 3.00. The van der Waals surface area contributed by atoms with Crippen LogP contribution in [0.15, 0.2) is 36.4 Å². The van der Waals surface area contributed by atoms with Gasteiger partial charge in [0.25, 0.3) is 0 Å². The van der Waals surface area contributed by atoms with Crippen molar-refractivity contribution in [2.24, 2.45) is 0 Å². The lowest BCUT2D eigenvalue weighted by molar-refractivity contribution is 0.353. The van der Waals surface area contributed by atoms with Gasteiger partial charge in [0.15, 0.2) is 11.5 Å². The van der Waals surface area contributed by atoms with Crippen LogP contribution >= 0.6 is 0 Å². The van der Waals surface area contributed by atoms with Crippen molar-refractivity contribution in [1.29, 1.82) is 0 Å². The van der Waals surface area contributed by atoms with Gasteiger partial charge in [0, 0.05) is 6.54 Å². The summed E-state index contributed by atoms with van der Waals surface area (Å²) in [5.41, 5.74) is 3.72. The van der Waals surface area contributed by atoms with Crippen molar-refractivity contribution < 1.29 is 14.2 Å². The normalized spacial score (nSPS) is 16.8. The van der Waals surface area contributed by atoms with Crippen molar-refractivity contribution in [3.05, 3.63) is 53.1 Å². The molecule has 1 unspecified atom stereocenters. The molecule has 22 heavy (non-hydrogen) atoms. The molecule has 0 amide bonds. The van der Waals surface area contributed by atoms with Crippen molar-refractivity contribution in [3.63, 3.8) is 0 Å². The first kappa shape index (κ1) is 14.7. The highest BCUT2D eigenvalue weighted by Crippen LogP contribution is 2.37.